The van der Waals surface area contributed by atoms with E-state index in [4.69, 9.17) is 5.10 Å². The summed E-state index contributed by atoms with van der Waals surface area (Å²) in [6.45, 7) is 6.26. The van der Waals surface area contributed by atoms with Crippen molar-refractivity contribution in [1.82, 2.24) is 9.78 Å². The quantitative estimate of drug-likeness (QED) is 0.315. The zero-order chi connectivity index (χ0) is 25.7. The van der Waals surface area contributed by atoms with Gasteiger partial charge in [-0.05, 0) is 48.9 Å². The van der Waals surface area contributed by atoms with Crippen LogP contribution in [0.3, 0.4) is 0 Å². The Morgan fingerprint density at radius 1 is 0.946 bits per heavy atom. The molecule has 2 aliphatic carbocycles. The van der Waals surface area contributed by atoms with Crippen LogP contribution in [0.1, 0.15) is 37.1 Å². The van der Waals surface area contributed by atoms with E-state index in [0.29, 0.717) is 0 Å². The van der Waals surface area contributed by atoms with Crippen LogP contribution in [0.15, 0.2) is 90.5 Å². The van der Waals surface area contributed by atoms with Gasteiger partial charge in [-0.25, -0.2) is 4.68 Å². The average Bonchev–Trinajstić information content (AvgIpc) is 3.33. The first-order chi connectivity index (χ1) is 17.9. The molecule has 3 aromatic carbocycles. The highest BCUT2D eigenvalue weighted by Crippen LogP contribution is 2.52. The number of aryl methyl sites for hydroxylation is 1. The molecule has 4 aromatic rings. The van der Waals surface area contributed by atoms with Crippen LogP contribution in [0.2, 0.25) is 0 Å². The first kappa shape index (κ1) is 23.2. The van der Waals surface area contributed by atoms with Crippen molar-refractivity contribution in [3.8, 4) is 34.1 Å². The number of ketones is 1. The molecule has 0 amide bonds. The van der Waals surface area contributed by atoms with Crippen LogP contribution in [0, 0.1) is 30.1 Å². The Labute approximate surface area is 217 Å². The maximum absolute atomic E-state index is 12.9. The number of allylic oxidation sites excluding steroid dienone is 2. The lowest BCUT2D eigenvalue weighted by Crippen LogP contribution is -2.46. The molecule has 1 heterocycles. The molecule has 182 valence electrons. The number of carbonyl (C=O) groups excluding carboxylic acids is 1. The third-order valence-corrected chi connectivity index (χ3v) is 8.36. The van der Waals surface area contributed by atoms with Gasteiger partial charge in [0.05, 0.1) is 22.6 Å². The van der Waals surface area contributed by atoms with Crippen molar-refractivity contribution in [2.24, 2.45) is 11.8 Å². The van der Waals surface area contributed by atoms with E-state index in [1.54, 1.807) is 0 Å². The van der Waals surface area contributed by atoms with E-state index >= 15 is 0 Å². The van der Waals surface area contributed by atoms with Crippen LogP contribution in [-0.4, -0.2) is 15.6 Å². The monoisotopic (exact) mass is 483 g/mol. The molecule has 0 saturated heterocycles. The molecule has 3 atom stereocenters. The largest absolute Gasteiger partial charge is 0.293 e. The molecule has 0 spiro atoms. The van der Waals surface area contributed by atoms with Gasteiger partial charge in [-0.3, -0.25) is 4.79 Å². The maximum Gasteiger partial charge on any atom is 0.176 e. The van der Waals surface area contributed by atoms with E-state index in [1.165, 1.54) is 16.7 Å². The average molecular weight is 484 g/mol. The molecule has 0 fully saturated rings. The minimum atomic E-state index is -0.471. The summed E-state index contributed by atoms with van der Waals surface area (Å²) < 4.78 is 2.07. The molecule has 0 bridgehead atoms. The summed E-state index contributed by atoms with van der Waals surface area (Å²) in [5, 5.41) is 15.0. The molecule has 37 heavy (non-hydrogen) atoms. The van der Waals surface area contributed by atoms with Gasteiger partial charge in [-0.15, -0.1) is 0 Å². The lowest BCUT2D eigenvalue weighted by Gasteiger charge is -2.45. The van der Waals surface area contributed by atoms with E-state index in [0.717, 1.165) is 41.0 Å². The molecular formula is C33H29N3O. The van der Waals surface area contributed by atoms with Crippen molar-refractivity contribution in [2.45, 2.75) is 39.0 Å². The summed E-state index contributed by atoms with van der Waals surface area (Å²) in [4.78, 5) is 12.9. The first-order valence-electron chi connectivity index (χ1n) is 12.9. The van der Waals surface area contributed by atoms with Gasteiger partial charge in [0.15, 0.2) is 5.78 Å². The minimum absolute atomic E-state index is 0.0368. The summed E-state index contributed by atoms with van der Waals surface area (Å²) in [7, 11) is 0. The number of hydrogen-bond donors (Lipinski definition) is 0. The Morgan fingerprint density at radius 3 is 2.24 bits per heavy atom. The Kier molecular flexibility index (Phi) is 5.46. The van der Waals surface area contributed by atoms with Gasteiger partial charge in [0.2, 0.25) is 0 Å². The summed E-state index contributed by atoms with van der Waals surface area (Å²) in [6, 6.07) is 29.6. The van der Waals surface area contributed by atoms with Crippen LogP contribution < -0.4 is 0 Å². The van der Waals surface area contributed by atoms with Crippen molar-refractivity contribution in [3.63, 3.8) is 0 Å². The predicted octanol–water partition coefficient (Wildman–Crippen LogP) is 7.00. The number of fused-ring (bicyclic) bond motifs is 3. The summed E-state index contributed by atoms with van der Waals surface area (Å²) in [6.07, 6.45) is 3.67. The number of nitrogens with zero attached hydrogens (tertiary/aromatic N) is 3. The Hall–Kier alpha value is -4.23. The molecule has 1 aromatic heterocycles. The van der Waals surface area contributed by atoms with Crippen LogP contribution in [0.25, 0.3) is 28.1 Å². The van der Waals surface area contributed by atoms with E-state index in [-0.39, 0.29) is 23.2 Å². The molecule has 0 radical (unpaired) electrons. The van der Waals surface area contributed by atoms with Gasteiger partial charge < -0.3 is 0 Å². The lowest BCUT2D eigenvalue weighted by molar-refractivity contribution is -0.121. The third-order valence-electron chi connectivity index (χ3n) is 8.36. The van der Waals surface area contributed by atoms with Crippen LogP contribution in [-0.2, 0) is 16.6 Å². The highest BCUT2D eigenvalue weighted by Gasteiger charge is 2.50. The SMILES string of the molecule is Cc1ccc(-c2ccc(-n3nc(-c4ccccc4)c4c3[C@]3(C)C=C(C#N)C(=O)[C@H](C)[C@H]3CC4)cc2)cc1. The molecular weight excluding hydrogens is 454 g/mol. The molecule has 6 rings (SSSR count). The van der Waals surface area contributed by atoms with Crippen molar-refractivity contribution in [1.29, 1.82) is 5.26 Å². The van der Waals surface area contributed by atoms with Gasteiger partial charge in [0, 0.05) is 22.5 Å². The minimum Gasteiger partial charge on any atom is -0.293 e. The van der Waals surface area contributed by atoms with Crippen molar-refractivity contribution < 1.29 is 4.79 Å². The molecule has 4 nitrogen and oxygen atoms in total. The van der Waals surface area contributed by atoms with E-state index in [9.17, 15) is 10.1 Å². The molecule has 0 saturated carbocycles. The smallest absolute Gasteiger partial charge is 0.176 e. The number of carbonyl (C=O) groups is 1. The number of aromatic nitrogens is 2. The second kappa shape index (κ2) is 8.71. The first-order valence-corrected chi connectivity index (χ1v) is 12.9. The number of benzene rings is 3. The topological polar surface area (TPSA) is 58.7 Å². The zero-order valence-electron chi connectivity index (χ0n) is 21.4. The molecule has 2 aliphatic rings. The third kappa shape index (κ3) is 3.65. The van der Waals surface area contributed by atoms with Crippen molar-refractivity contribution in [2.75, 3.05) is 0 Å². The molecule has 0 unspecified atom stereocenters. The zero-order valence-corrected chi connectivity index (χ0v) is 21.4. The van der Waals surface area contributed by atoms with Gasteiger partial charge in [0.25, 0.3) is 0 Å². The fraction of sp³-hybridized carbons (Fsp3) is 0.242. The number of hydrogen-bond acceptors (Lipinski definition) is 3. The van der Waals surface area contributed by atoms with Crippen molar-refractivity contribution >= 4 is 5.78 Å². The van der Waals surface area contributed by atoms with Gasteiger partial charge in [-0.2, -0.15) is 10.4 Å². The summed E-state index contributed by atoms with van der Waals surface area (Å²) in [5.41, 5.74) is 8.72. The van der Waals surface area contributed by atoms with E-state index in [2.05, 4.69) is 85.3 Å². The second-order valence-electron chi connectivity index (χ2n) is 10.6. The van der Waals surface area contributed by atoms with Crippen molar-refractivity contribution in [3.05, 3.63) is 107 Å². The Morgan fingerprint density at radius 2 is 1.59 bits per heavy atom. The maximum atomic E-state index is 12.9. The standard InChI is InChI=1S/C33H29N3O/c1-21-9-11-23(12-10-21)24-13-15-27(16-14-24)36-32-28(30(35-36)25-7-5-4-6-8-25)17-18-29-22(2)31(37)26(20-34)19-33(29,32)3/h4-16,19,22,29H,17-18H2,1-3H3/t22-,29-,33-/m1/s1. The highest BCUT2D eigenvalue weighted by atomic mass is 16.1. The molecule has 0 N–H and O–H groups in total. The number of Topliss-reactive ketones (excluding diaryl/α,β-unsaturated/α-hetero) is 1. The second-order valence-corrected chi connectivity index (χ2v) is 10.6. The fourth-order valence-corrected chi connectivity index (χ4v) is 6.40. The highest BCUT2D eigenvalue weighted by molar-refractivity contribution is 6.02. The summed E-state index contributed by atoms with van der Waals surface area (Å²) in [5.74, 6) is -0.119. The van der Waals surface area contributed by atoms with Crippen LogP contribution >= 0.6 is 0 Å². The summed E-state index contributed by atoms with van der Waals surface area (Å²) >= 11 is 0. The predicted molar refractivity (Wildman–Crippen MR) is 146 cm³/mol. The van der Waals surface area contributed by atoms with Crippen LogP contribution in [0.4, 0.5) is 0 Å². The van der Waals surface area contributed by atoms with Gasteiger partial charge in [-0.1, -0.05) is 92.2 Å². The fourth-order valence-electron chi connectivity index (χ4n) is 6.40. The lowest BCUT2D eigenvalue weighted by atomic mass is 9.57. The number of rotatable bonds is 3. The van der Waals surface area contributed by atoms with Gasteiger partial charge >= 0.3 is 0 Å². The normalized spacial score (nSPS) is 22.5. The van der Waals surface area contributed by atoms with E-state index < -0.39 is 5.41 Å². The number of nitriles is 1. The Bertz CT molecular complexity index is 1570. The van der Waals surface area contributed by atoms with Crippen LogP contribution in [0.5, 0.6) is 0 Å². The Balaban J connectivity index is 1.55. The molecule has 4 heteroatoms. The van der Waals surface area contributed by atoms with E-state index in [1.807, 2.05) is 31.2 Å². The van der Waals surface area contributed by atoms with Gasteiger partial charge in [0.1, 0.15) is 6.07 Å². The molecule has 0 aliphatic heterocycles.